The molecule has 0 saturated carbocycles. The molecule has 14 nitrogen and oxygen atoms in total. The minimum Gasteiger partial charge on any atom is -0.504 e. The maximum atomic E-state index is 14.4. The lowest BCUT2D eigenvalue weighted by molar-refractivity contribution is -0.137. The minimum atomic E-state index is -4.63. The predicted molar refractivity (Wildman–Crippen MR) is 194 cm³/mol. The molecule has 0 bridgehead atoms. The number of pyridine rings is 1. The lowest BCUT2D eigenvalue weighted by atomic mass is 10.1. The Hall–Kier alpha value is -5.62. The first-order chi connectivity index (χ1) is 26.2. The van der Waals surface area contributed by atoms with Gasteiger partial charge in [-0.2, -0.15) is 13.2 Å². The molecule has 2 aliphatic heterocycles. The number of anilines is 2. The van der Waals surface area contributed by atoms with Crippen LogP contribution in [0.15, 0.2) is 53.6 Å². The van der Waals surface area contributed by atoms with Crippen molar-refractivity contribution in [3.05, 3.63) is 92.2 Å². The summed E-state index contributed by atoms with van der Waals surface area (Å²) in [6.07, 6.45) is -3.99. The Morgan fingerprint density at radius 2 is 1.73 bits per heavy atom. The number of amides is 2. The summed E-state index contributed by atoms with van der Waals surface area (Å²) in [5.41, 5.74) is 0.908. The summed E-state index contributed by atoms with van der Waals surface area (Å²) in [4.78, 5) is 55.7. The van der Waals surface area contributed by atoms with E-state index in [-0.39, 0.29) is 77.3 Å². The quantitative estimate of drug-likeness (QED) is 0.206. The van der Waals surface area contributed by atoms with Gasteiger partial charge in [0.15, 0.2) is 22.6 Å². The Balaban J connectivity index is 1.22. The van der Waals surface area contributed by atoms with Crippen LogP contribution in [0.4, 0.5) is 28.9 Å². The highest BCUT2D eigenvalue weighted by Crippen LogP contribution is 2.34. The summed E-state index contributed by atoms with van der Waals surface area (Å²) in [5, 5.41) is 21.9. The van der Waals surface area contributed by atoms with Crippen molar-refractivity contribution >= 4 is 46.0 Å². The fraction of sp³-hybridized carbons (Fsp3) is 0.361. The minimum absolute atomic E-state index is 0.0360. The number of nitrogens with one attached hydrogen (secondary N) is 1. The smallest absolute Gasteiger partial charge is 0.416 e. The van der Waals surface area contributed by atoms with Crippen molar-refractivity contribution in [1.82, 2.24) is 39.3 Å². The first-order valence-electron chi connectivity index (χ1n) is 17.4. The van der Waals surface area contributed by atoms with E-state index in [4.69, 9.17) is 11.6 Å². The number of aromatic nitrogens is 6. The average Bonchev–Trinajstić information content (AvgIpc) is 3.60. The first-order valence-corrected chi connectivity index (χ1v) is 17.8. The van der Waals surface area contributed by atoms with E-state index in [9.17, 15) is 37.1 Å². The molecule has 288 valence electrons. The van der Waals surface area contributed by atoms with Gasteiger partial charge in [0, 0.05) is 51.5 Å². The summed E-state index contributed by atoms with van der Waals surface area (Å²) in [6.45, 7) is 5.06. The predicted octanol–water partition coefficient (Wildman–Crippen LogP) is 4.38. The van der Waals surface area contributed by atoms with Crippen LogP contribution in [0, 0.1) is 6.92 Å². The highest BCUT2D eigenvalue weighted by Gasteiger charge is 2.33. The van der Waals surface area contributed by atoms with Gasteiger partial charge in [-0.1, -0.05) is 30.7 Å². The second-order valence-corrected chi connectivity index (χ2v) is 13.8. The van der Waals surface area contributed by atoms with Gasteiger partial charge in [0.2, 0.25) is 11.3 Å². The fourth-order valence-electron chi connectivity index (χ4n) is 6.76. The van der Waals surface area contributed by atoms with Crippen LogP contribution in [0.2, 0.25) is 5.02 Å². The summed E-state index contributed by atoms with van der Waals surface area (Å²) >= 11 is 6.14. The van der Waals surface area contributed by atoms with Gasteiger partial charge >= 0.3 is 6.18 Å². The van der Waals surface area contributed by atoms with Crippen molar-refractivity contribution < 1.29 is 32.3 Å². The molecule has 5 heterocycles. The van der Waals surface area contributed by atoms with E-state index < -0.39 is 41.7 Å². The van der Waals surface area contributed by atoms with E-state index in [2.05, 4.69) is 25.5 Å². The second kappa shape index (κ2) is 14.9. The molecule has 2 aromatic carbocycles. The number of hydrogen-bond donors (Lipinski definition) is 2. The zero-order chi connectivity index (χ0) is 39.2. The molecule has 0 atom stereocenters. The third-order valence-corrected chi connectivity index (χ3v) is 9.98. The third-order valence-electron chi connectivity index (χ3n) is 9.67. The van der Waals surface area contributed by atoms with E-state index in [1.54, 1.807) is 30.5 Å². The van der Waals surface area contributed by atoms with Gasteiger partial charge in [0.25, 0.3) is 5.91 Å². The average molecular weight is 783 g/mol. The van der Waals surface area contributed by atoms with Crippen molar-refractivity contribution in [2.45, 2.75) is 45.7 Å². The Labute approximate surface area is 315 Å². The number of fused-ring (bicyclic) bond motifs is 1. The Morgan fingerprint density at radius 1 is 1.02 bits per heavy atom. The van der Waals surface area contributed by atoms with Crippen molar-refractivity contribution in [3.8, 4) is 11.4 Å². The van der Waals surface area contributed by atoms with Crippen molar-refractivity contribution in [2.75, 3.05) is 49.5 Å². The molecule has 2 aliphatic rings. The standard InChI is InChI=1S/C36H35ClF4N10O4/c1-3-27-31(48-10-12-49(13-11-48)35(55)30-32(53)20(2)42-19-43-30)33(54)29-34(46-51(45-29)24-7-4-21(5-8-24)15-47-16-23(38)17-47)50(27)18-28(52)44-26-9-6-22(14-25(26)37)36(39,40)41/h4-9,14,19,23,53H,3,10-13,15-18H2,1-2H3,(H,44,52). The second-order valence-electron chi connectivity index (χ2n) is 13.4. The molecular weight excluding hydrogens is 748 g/mol. The van der Waals surface area contributed by atoms with Crippen molar-refractivity contribution in [3.63, 3.8) is 0 Å². The van der Waals surface area contributed by atoms with Crippen LogP contribution in [0.25, 0.3) is 16.9 Å². The SMILES string of the molecule is CCc1c(N2CCN(C(=O)c3ncnc(C)c3O)CC2)c(=O)c2nn(-c3ccc(CN4CC(F)C4)cc3)nc2n1CC(=O)Nc1ccc(C(F)(F)F)cc1Cl. The number of likely N-dealkylation sites (tertiary alicyclic amines) is 1. The number of alkyl halides is 4. The molecule has 0 unspecified atom stereocenters. The summed E-state index contributed by atoms with van der Waals surface area (Å²) in [5.74, 6) is -1.45. The van der Waals surface area contributed by atoms with Crippen LogP contribution in [0.1, 0.15) is 39.9 Å². The van der Waals surface area contributed by atoms with Gasteiger partial charge < -0.3 is 24.8 Å². The van der Waals surface area contributed by atoms with Crippen molar-refractivity contribution in [2.24, 2.45) is 0 Å². The largest absolute Gasteiger partial charge is 0.504 e. The molecule has 5 aromatic rings. The molecule has 7 rings (SSSR count). The van der Waals surface area contributed by atoms with E-state index in [1.807, 2.05) is 21.9 Å². The van der Waals surface area contributed by atoms with Gasteiger partial charge in [-0.25, -0.2) is 14.4 Å². The third kappa shape index (κ3) is 7.55. The van der Waals surface area contributed by atoms with E-state index in [0.29, 0.717) is 31.0 Å². The number of aromatic hydroxyl groups is 1. The van der Waals surface area contributed by atoms with Gasteiger partial charge in [0.1, 0.15) is 24.7 Å². The van der Waals surface area contributed by atoms with Gasteiger partial charge in [0.05, 0.1) is 27.7 Å². The fourth-order valence-corrected chi connectivity index (χ4v) is 6.99. The van der Waals surface area contributed by atoms with E-state index in [0.717, 1.165) is 23.8 Å². The molecular formula is C36H35ClF4N10O4. The molecule has 2 amide bonds. The molecule has 2 saturated heterocycles. The lowest BCUT2D eigenvalue weighted by Crippen LogP contribution is -2.50. The number of hydrogen-bond acceptors (Lipinski definition) is 10. The summed E-state index contributed by atoms with van der Waals surface area (Å²) < 4.78 is 54.7. The lowest BCUT2D eigenvalue weighted by Gasteiger charge is -2.36. The van der Waals surface area contributed by atoms with Crippen LogP contribution >= 0.6 is 11.6 Å². The van der Waals surface area contributed by atoms with Crippen LogP contribution in [0.3, 0.4) is 0 Å². The summed E-state index contributed by atoms with van der Waals surface area (Å²) in [7, 11) is 0. The number of halogens is 5. The molecule has 2 N–H and O–H groups in total. The van der Waals surface area contributed by atoms with Gasteiger partial charge in [-0.05, 0) is 49.2 Å². The zero-order valence-electron chi connectivity index (χ0n) is 29.6. The van der Waals surface area contributed by atoms with E-state index >= 15 is 0 Å². The molecule has 2 fully saturated rings. The molecule has 19 heteroatoms. The first kappa shape index (κ1) is 37.7. The van der Waals surface area contributed by atoms with Crippen LogP contribution in [-0.2, 0) is 30.5 Å². The number of nitrogens with zero attached hydrogens (tertiary/aromatic N) is 9. The van der Waals surface area contributed by atoms with Crippen molar-refractivity contribution in [1.29, 1.82) is 0 Å². The monoisotopic (exact) mass is 782 g/mol. The number of carbonyl (C=O) groups is 2. The Bertz CT molecular complexity index is 2340. The Kier molecular flexibility index (Phi) is 10.2. The number of aryl methyl sites for hydroxylation is 1. The molecule has 0 radical (unpaired) electrons. The molecule has 0 spiro atoms. The topological polar surface area (TPSA) is 155 Å². The highest BCUT2D eigenvalue weighted by molar-refractivity contribution is 6.33. The molecule has 3 aromatic heterocycles. The van der Waals surface area contributed by atoms with Crippen LogP contribution < -0.4 is 15.6 Å². The van der Waals surface area contributed by atoms with Crippen LogP contribution in [0.5, 0.6) is 5.75 Å². The van der Waals surface area contributed by atoms with Gasteiger partial charge in [-0.15, -0.1) is 15.0 Å². The number of piperazine rings is 1. The Morgan fingerprint density at radius 3 is 2.36 bits per heavy atom. The number of rotatable bonds is 9. The maximum absolute atomic E-state index is 14.4. The zero-order valence-corrected chi connectivity index (χ0v) is 30.4. The van der Waals surface area contributed by atoms with Gasteiger partial charge in [-0.3, -0.25) is 19.3 Å². The highest BCUT2D eigenvalue weighted by atomic mass is 35.5. The molecule has 55 heavy (non-hydrogen) atoms. The summed E-state index contributed by atoms with van der Waals surface area (Å²) in [6, 6.07) is 9.85. The van der Waals surface area contributed by atoms with Crippen LogP contribution in [-0.4, -0.2) is 102 Å². The number of benzene rings is 2. The maximum Gasteiger partial charge on any atom is 0.416 e. The molecule has 0 aliphatic carbocycles. The normalized spacial score (nSPS) is 15.4. The van der Waals surface area contributed by atoms with E-state index in [1.165, 1.54) is 16.0 Å². The number of carbonyl (C=O) groups excluding carboxylic acids is 2.